The molecule has 0 amide bonds. The Labute approximate surface area is 83.5 Å². The van der Waals surface area contributed by atoms with E-state index in [4.69, 9.17) is 0 Å². The van der Waals surface area contributed by atoms with Gasteiger partial charge < -0.3 is 16.9 Å². The lowest BCUT2D eigenvalue weighted by molar-refractivity contribution is -0.889. The van der Waals surface area contributed by atoms with E-state index < -0.39 is 0 Å². The van der Waals surface area contributed by atoms with Crippen LogP contribution in [0.3, 0.4) is 0 Å². The molecular weight excluding hydrogens is 170 g/mol. The predicted molar refractivity (Wildman–Crippen MR) is 51.5 cm³/mol. The summed E-state index contributed by atoms with van der Waals surface area (Å²) in [7, 11) is 6.67. The molecule has 0 aromatic rings. The normalized spacial score (nSPS) is 13.3. The van der Waals surface area contributed by atoms with E-state index >= 15 is 0 Å². The van der Waals surface area contributed by atoms with Gasteiger partial charge in [-0.15, -0.1) is 0 Å². The molecule has 0 spiro atoms. The van der Waals surface area contributed by atoms with Gasteiger partial charge >= 0.3 is 0 Å². The van der Waals surface area contributed by atoms with Crippen molar-refractivity contribution in [2.45, 2.75) is 32.2 Å². The molecule has 0 aromatic carbocycles. The van der Waals surface area contributed by atoms with Crippen LogP contribution in [0.2, 0.25) is 0 Å². The lowest BCUT2D eigenvalue weighted by Gasteiger charge is -2.32. The van der Waals surface area contributed by atoms with Crippen LogP contribution >= 0.6 is 0 Å². The van der Waals surface area contributed by atoms with E-state index in [1.54, 1.807) is 0 Å². The second-order valence-corrected chi connectivity index (χ2v) is 4.06. The van der Waals surface area contributed by atoms with Crippen LogP contribution in [0.4, 0.5) is 0 Å². The minimum Gasteiger partial charge on any atom is -1.00 e. The number of rotatable bonds is 5. The number of nitrogens with zero attached hydrogens (tertiary/aromatic N) is 1. The van der Waals surface area contributed by atoms with Crippen LogP contribution < -0.4 is 12.4 Å². The van der Waals surface area contributed by atoms with Crippen LogP contribution in [0.15, 0.2) is 12.7 Å². The van der Waals surface area contributed by atoms with Crippen LogP contribution in [0.5, 0.6) is 0 Å². The van der Waals surface area contributed by atoms with Crippen molar-refractivity contribution >= 4 is 0 Å². The van der Waals surface area contributed by atoms with E-state index in [2.05, 4.69) is 40.7 Å². The Kier molecular flexibility index (Phi) is 7.86. The number of hydrogen-bond acceptors (Lipinski definition) is 0. The average molecular weight is 192 g/mol. The molecule has 0 heterocycles. The van der Waals surface area contributed by atoms with Crippen molar-refractivity contribution in [1.82, 2.24) is 0 Å². The first-order chi connectivity index (χ1) is 5.02. The fourth-order valence-electron chi connectivity index (χ4n) is 1.23. The summed E-state index contributed by atoms with van der Waals surface area (Å²) in [5, 5.41) is 0. The summed E-state index contributed by atoms with van der Waals surface area (Å²) in [5.74, 6) is 0. The third-order valence-electron chi connectivity index (χ3n) is 2.12. The molecule has 74 valence electrons. The molecule has 1 unspecified atom stereocenters. The number of likely N-dealkylation sites (N-methyl/N-ethyl adjacent to an activating group) is 1. The molecular formula is C10H22ClN. The van der Waals surface area contributed by atoms with E-state index in [0.717, 1.165) is 4.48 Å². The summed E-state index contributed by atoms with van der Waals surface area (Å²) in [5.41, 5.74) is 0. The quantitative estimate of drug-likeness (QED) is 0.404. The van der Waals surface area contributed by atoms with Gasteiger partial charge in [-0.05, 0) is 12.5 Å². The van der Waals surface area contributed by atoms with E-state index in [-0.39, 0.29) is 12.4 Å². The summed E-state index contributed by atoms with van der Waals surface area (Å²) < 4.78 is 1.00. The van der Waals surface area contributed by atoms with Crippen molar-refractivity contribution in [2.75, 3.05) is 21.1 Å². The van der Waals surface area contributed by atoms with Crippen molar-refractivity contribution in [2.24, 2.45) is 0 Å². The lowest BCUT2D eigenvalue weighted by Crippen LogP contribution is -3.00. The standard InChI is InChI=1S/C10H22N.ClH/c1-6-8-9-10(7-2)11(3,4)5;/h7,10H,2,6,8-9H2,1,3-5H3;1H/q+1;/p-1. The predicted octanol–water partition coefficient (Wildman–Crippen LogP) is -0.559. The van der Waals surface area contributed by atoms with Crippen molar-refractivity contribution < 1.29 is 16.9 Å². The van der Waals surface area contributed by atoms with Crippen molar-refractivity contribution in [3.05, 3.63) is 12.7 Å². The Morgan fingerprint density at radius 1 is 1.33 bits per heavy atom. The molecule has 0 radical (unpaired) electrons. The number of unbranched alkanes of at least 4 members (excludes halogenated alkanes) is 1. The van der Waals surface area contributed by atoms with E-state index in [9.17, 15) is 0 Å². The highest BCUT2D eigenvalue weighted by Gasteiger charge is 2.18. The SMILES string of the molecule is C=CC(CCCC)[N+](C)(C)C.[Cl-]. The van der Waals surface area contributed by atoms with Gasteiger partial charge in [0.1, 0.15) is 6.04 Å². The Hall–Kier alpha value is -0.0100. The highest BCUT2D eigenvalue weighted by atomic mass is 35.5. The van der Waals surface area contributed by atoms with Crippen molar-refractivity contribution in [3.8, 4) is 0 Å². The van der Waals surface area contributed by atoms with Crippen molar-refractivity contribution in [1.29, 1.82) is 0 Å². The lowest BCUT2D eigenvalue weighted by atomic mass is 10.1. The van der Waals surface area contributed by atoms with Gasteiger partial charge in [-0.25, -0.2) is 0 Å². The average Bonchev–Trinajstić information content (AvgIpc) is 1.87. The highest BCUT2D eigenvalue weighted by molar-refractivity contribution is 4.79. The van der Waals surface area contributed by atoms with Crippen LogP contribution in [0, 0.1) is 0 Å². The second kappa shape index (κ2) is 6.50. The highest BCUT2D eigenvalue weighted by Crippen LogP contribution is 2.11. The van der Waals surface area contributed by atoms with Crippen LogP contribution in [0.1, 0.15) is 26.2 Å². The molecule has 0 saturated heterocycles. The first-order valence-electron chi connectivity index (χ1n) is 4.46. The molecule has 1 atom stereocenters. The van der Waals surface area contributed by atoms with Crippen LogP contribution in [-0.2, 0) is 0 Å². The second-order valence-electron chi connectivity index (χ2n) is 4.06. The fourth-order valence-corrected chi connectivity index (χ4v) is 1.23. The maximum atomic E-state index is 3.86. The Bertz CT molecular complexity index is 115. The van der Waals surface area contributed by atoms with E-state index in [1.165, 1.54) is 19.3 Å². The van der Waals surface area contributed by atoms with Crippen molar-refractivity contribution in [3.63, 3.8) is 0 Å². The molecule has 0 rings (SSSR count). The zero-order valence-corrected chi connectivity index (χ0v) is 9.56. The van der Waals surface area contributed by atoms with Gasteiger partial charge in [0, 0.05) is 6.42 Å². The molecule has 0 saturated carbocycles. The summed E-state index contributed by atoms with van der Waals surface area (Å²) >= 11 is 0. The fraction of sp³-hybridized carbons (Fsp3) is 0.800. The van der Waals surface area contributed by atoms with Gasteiger partial charge in [0.05, 0.1) is 21.1 Å². The van der Waals surface area contributed by atoms with Crippen LogP contribution in [-0.4, -0.2) is 31.7 Å². The van der Waals surface area contributed by atoms with Gasteiger partial charge in [0.15, 0.2) is 0 Å². The molecule has 0 N–H and O–H groups in total. The van der Waals surface area contributed by atoms with E-state index in [0.29, 0.717) is 6.04 Å². The molecule has 0 aliphatic heterocycles. The molecule has 0 bridgehead atoms. The molecule has 0 fully saturated rings. The summed E-state index contributed by atoms with van der Waals surface area (Å²) in [6.45, 7) is 6.10. The maximum absolute atomic E-state index is 3.86. The zero-order chi connectivity index (χ0) is 8.91. The monoisotopic (exact) mass is 191 g/mol. The molecule has 1 nitrogen and oxygen atoms in total. The third-order valence-corrected chi connectivity index (χ3v) is 2.12. The van der Waals surface area contributed by atoms with Gasteiger partial charge in [0.2, 0.25) is 0 Å². The minimum atomic E-state index is 0. The smallest absolute Gasteiger partial charge is 0.107 e. The molecule has 2 heteroatoms. The van der Waals surface area contributed by atoms with Gasteiger partial charge in [-0.3, -0.25) is 0 Å². The Morgan fingerprint density at radius 2 is 1.83 bits per heavy atom. The number of halogens is 1. The Balaban J connectivity index is 0. The molecule has 0 aliphatic carbocycles. The van der Waals surface area contributed by atoms with Gasteiger partial charge in [0.25, 0.3) is 0 Å². The molecule has 0 aliphatic rings. The maximum Gasteiger partial charge on any atom is 0.107 e. The number of quaternary nitrogens is 1. The summed E-state index contributed by atoms with van der Waals surface area (Å²) in [6, 6.07) is 0.620. The van der Waals surface area contributed by atoms with Crippen LogP contribution in [0.25, 0.3) is 0 Å². The van der Waals surface area contributed by atoms with Gasteiger partial charge in [-0.2, -0.15) is 0 Å². The molecule has 12 heavy (non-hydrogen) atoms. The zero-order valence-electron chi connectivity index (χ0n) is 8.81. The Morgan fingerprint density at radius 3 is 2.08 bits per heavy atom. The first kappa shape index (κ1) is 14.5. The minimum absolute atomic E-state index is 0. The van der Waals surface area contributed by atoms with Gasteiger partial charge in [-0.1, -0.05) is 19.9 Å². The summed E-state index contributed by atoms with van der Waals surface area (Å²) in [4.78, 5) is 0. The van der Waals surface area contributed by atoms with E-state index in [1.807, 2.05) is 0 Å². The number of hydrogen-bond donors (Lipinski definition) is 0. The topological polar surface area (TPSA) is 0 Å². The summed E-state index contributed by atoms with van der Waals surface area (Å²) in [6.07, 6.45) is 5.94. The molecule has 0 aromatic heterocycles. The first-order valence-corrected chi connectivity index (χ1v) is 4.46. The third kappa shape index (κ3) is 5.62. The largest absolute Gasteiger partial charge is 1.00 e.